The zero-order valence-electron chi connectivity index (χ0n) is 44.2. The molecule has 2 atom stereocenters. The second-order valence-corrected chi connectivity index (χ2v) is 20.6. The van der Waals surface area contributed by atoms with Gasteiger partial charge in [0.25, 0.3) is 0 Å². The van der Waals surface area contributed by atoms with E-state index in [2.05, 4.69) is 70.6 Å². The number of aromatic nitrogens is 6. The molecule has 0 bridgehead atoms. The minimum absolute atomic E-state index is 0.000329. The summed E-state index contributed by atoms with van der Waals surface area (Å²) in [6.07, 6.45) is 30.3. The Kier molecular flexibility index (Phi) is 26.2. The van der Waals surface area contributed by atoms with Gasteiger partial charge in [-0.15, -0.1) is 0 Å². The number of ketones is 2. The fourth-order valence-corrected chi connectivity index (χ4v) is 9.72. The van der Waals surface area contributed by atoms with Gasteiger partial charge in [-0.1, -0.05) is 118 Å². The van der Waals surface area contributed by atoms with Gasteiger partial charge in [0, 0.05) is 65.3 Å². The maximum atomic E-state index is 13.5. The topological polar surface area (TPSA) is 145 Å². The molecule has 0 radical (unpaired) electrons. The van der Waals surface area contributed by atoms with Crippen molar-refractivity contribution in [3.63, 3.8) is 0 Å². The van der Waals surface area contributed by atoms with E-state index in [-0.39, 0.29) is 61.3 Å². The number of likely N-dealkylation sites (N-methyl/N-ethyl adjacent to an activating group) is 2. The van der Waals surface area contributed by atoms with E-state index in [1.54, 1.807) is 23.9 Å². The largest absolute Gasteiger partial charge is 0.381 e. The lowest BCUT2D eigenvalue weighted by atomic mass is 9.96. The van der Waals surface area contributed by atoms with Crippen LogP contribution in [0.25, 0.3) is 22.1 Å². The van der Waals surface area contributed by atoms with Crippen LogP contribution in [0.2, 0.25) is 0 Å². The maximum Gasteiger partial charge on any atom is 0.222 e. The van der Waals surface area contributed by atoms with Crippen LogP contribution in [0.15, 0.2) is 36.9 Å². The number of ether oxygens (including phenoxy) is 1. The van der Waals surface area contributed by atoms with Gasteiger partial charge in [-0.3, -0.25) is 29.1 Å². The van der Waals surface area contributed by atoms with Crippen LogP contribution in [-0.4, -0.2) is 102 Å². The predicted octanol–water partition coefficient (Wildman–Crippen LogP) is 12.0. The second kappa shape index (κ2) is 31.7. The Morgan fingerprint density at radius 1 is 0.507 bits per heavy atom. The fraction of sp³-hybridized carbons (Fsp3) is 0.714. The number of carbonyl (C=O) groups is 4. The standard InChI is InChI=1S/C56H90N8O5/c1-43(2)39-51(61(7)55(67)27-23-19-15-11-9-13-17-21-25-35-63-45(5)59-47-41-57-33-29-49(47)63)53(65)31-37-69-38-32-54(66)52(40-44(3)4)62(8)56(68)28-24-20-16-12-10-14-18-22-26-36-64-46(6)60-48-42-58-34-30-50(48)64/h29-30,33-34,41-44,51-52H,9-28,31-32,35-40H2,1-8H3/t51-,52-/m0/s1. The number of hydrogen-bond donors (Lipinski definition) is 0. The number of Topliss-reactive ketones (excluding diaryl/α,β-unsaturated/α-hetero) is 2. The van der Waals surface area contributed by atoms with Crippen molar-refractivity contribution in [1.82, 2.24) is 38.9 Å². The van der Waals surface area contributed by atoms with E-state index in [0.29, 0.717) is 25.7 Å². The molecule has 0 aliphatic carbocycles. The van der Waals surface area contributed by atoms with Crippen molar-refractivity contribution >= 4 is 45.4 Å². The van der Waals surface area contributed by atoms with Crippen molar-refractivity contribution in [2.45, 2.75) is 221 Å². The van der Waals surface area contributed by atoms with E-state index >= 15 is 0 Å². The van der Waals surface area contributed by atoms with Gasteiger partial charge in [0.15, 0.2) is 11.6 Å². The Hall–Kier alpha value is -4.52. The first-order valence-corrected chi connectivity index (χ1v) is 27.0. The van der Waals surface area contributed by atoms with Crippen LogP contribution >= 0.6 is 0 Å². The van der Waals surface area contributed by atoms with E-state index in [0.717, 1.165) is 98.2 Å². The number of nitrogens with zero attached hydrogens (tertiary/aromatic N) is 8. The third-order valence-corrected chi connectivity index (χ3v) is 13.9. The molecule has 0 fully saturated rings. The molecule has 4 aromatic rings. The monoisotopic (exact) mass is 955 g/mol. The van der Waals surface area contributed by atoms with Crippen molar-refractivity contribution in [2.75, 3.05) is 27.3 Å². The smallest absolute Gasteiger partial charge is 0.222 e. The van der Waals surface area contributed by atoms with E-state index in [4.69, 9.17) is 4.74 Å². The van der Waals surface area contributed by atoms with E-state index in [1.165, 1.54) is 64.2 Å². The summed E-state index contributed by atoms with van der Waals surface area (Å²) in [6, 6.07) is 3.13. The van der Waals surface area contributed by atoms with Crippen molar-refractivity contribution in [2.24, 2.45) is 11.8 Å². The summed E-state index contributed by atoms with van der Waals surface area (Å²) >= 11 is 0. The van der Waals surface area contributed by atoms with E-state index in [1.807, 2.05) is 36.9 Å². The summed E-state index contributed by atoms with van der Waals surface area (Å²) in [5, 5.41) is 0. The molecule has 0 aliphatic heterocycles. The van der Waals surface area contributed by atoms with Gasteiger partial charge < -0.3 is 23.7 Å². The summed E-state index contributed by atoms with van der Waals surface area (Å²) in [7, 11) is 3.53. The second-order valence-electron chi connectivity index (χ2n) is 20.6. The number of hydrogen-bond acceptors (Lipinski definition) is 9. The highest BCUT2D eigenvalue weighted by molar-refractivity contribution is 5.90. The molecule has 384 valence electrons. The lowest BCUT2D eigenvalue weighted by Crippen LogP contribution is -2.44. The fourth-order valence-electron chi connectivity index (χ4n) is 9.72. The normalized spacial score (nSPS) is 12.7. The van der Waals surface area contributed by atoms with Crippen molar-refractivity contribution < 1.29 is 23.9 Å². The summed E-state index contributed by atoms with van der Waals surface area (Å²) in [4.78, 5) is 74.4. The quantitative estimate of drug-likeness (QED) is 0.0401. The van der Waals surface area contributed by atoms with Crippen molar-refractivity contribution in [1.29, 1.82) is 0 Å². The highest BCUT2D eigenvalue weighted by Crippen LogP contribution is 2.21. The summed E-state index contributed by atoms with van der Waals surface area (Å²) in [5.41, 5.74) is 4.26. The molecule has 69 heavy (non-hydrogen) atoms. The predicted molar refractivity (Wildman–Crippen MR) is 279 cm³/mol. The molecule has 13 nitrogen and oxygen atoms in total. The number of carbonyl (C=O) groups excluding carboxylic acids is 4. The number of amides is 2. The molecule has 0 aliphatic rings. The molecule has 0 unspecified atom stereocenters. The van der Waals surface area contributed by atoms with Gasteiger partial charge in [-0.25, -0.2) is 9.97 Å². The highest BCUT2D eigenvalue weighted by Gasteiger charge is 2.29. The Morgan fingerprint density at radius 3 is 1.19 bits per heavy atom. The number of unbranched alkanes of at least 4 members (excludes halogenated alkanes) is 16. The first-order valence-electron chi connectivity index (χ1n) is 27.0. The average Bonchev–Trinajstić information content (AvgIpc) is 3.83. The minimum atomic E-state index is -0.481. The first kappa shape index (κ1) is 57.1. The number of fused-ring (bicyclic) bond motifs is 2. The molecule has 0 spiro atoms. The third-order valence-electron chi connectivity index (χ3n) is 13.9. The Morgan fingerprint density at radius 2 is 0.841 bits per heavy atom. The van der Waals surface area contributed by atoms with Crippen molar-refractivity contribution in [3.8, 4) is 0 Å². The molecular weight excluding hydrogens is 865 g/mol. The van der Waals surface area contributed by atoms with Crippen LogP contribution in [-0.2, 0) is 37.0 Å². The first-order chi connectivity index (χ1) is 33.3. The number of imidazole rings is 2. The maximum absolute atomic E-state index is 13.5. The number of rotatable bonds is 38. The molecule has 4 heterocycles. The average molecular weight is 955 g/mol. The molecule has 13 heteroatoms. The zero-order chi connectivity index (χ0) is 50.0. The van der Waals surface area contributed by atoms with E-state index in [9.17, 15) is 19.2 Å². The van der Waals surface area contributed by atoms with Crippen LogP contribution in [0.3, 0.4) is 0 Å². The van der Waals surface area contributed by atoms with Crippen molar-refractivity contribution in [3.05, 3.63) is 48.6 Å². The molecule has 4 aromatic heterocycles. The molecule has 0 N–H and O–H groups in total. The Bertz CT molecular complexity index is 1980. The van der Waals surface area contributed by atoms with Gasteiger partial charge in [-0.05, 0) is 76.3 Å². The lowest BCUT2D eigenvalue weighted by molar-refractivity contribution is -0.139. The molecule has 0 aromatic carbocycles. The van der Waals surface area contributed by atoms with Gasteiger partial charge in [-0.2, -0.15) is 0 Å². The zero-order valence-corrected chi connectivity index (χ0v) is 44.2. The molecule has 0 saturated heterocycles. The van der Waals surface area contributed by atoms with Crippen LogP contribution in [0.5, 0.6) is 0 Å². The number of pyridine rings is 2. The van der Waals surface area contributed by atoms with Gasteiger partial charge in [0.1, 0.15) is 22.7 Å². The minimum Gasteiger partial charge on any atom is -0.381 e. The molecule has 2 amide bonds. The van der Waals surface area contributed by atoms with Crippen LogP contribution < -0.4 is 0 Å². The lowest BCUT2D eigenvalue weighted by Gasteiger charge is -2.29. The van der Waals surface area contributed by atoms with Crippen LogP contribution in [0.1, 0.15) is 193 Å². The number of aryl methyl sites for hydroxylation is 4. The molecule has 4 rings (SSSR count). The van der Waals surface area contributed by atoms with Gasteiger partial charge >= 0.3 is 0 Å². The molecular formula is C56H90N8O5. The van der Waals surface area contributed by atoms with Crippen LogP contribution in [0, 0.1) is 25.7 Å². The summed E-state index contributed by atoms with van der Waals surface area (Å²) in [6.45, 7) is 14.8. The Labute approximate surface area is 415 Å². The van der Waals surface area contributed by atoms with Gasteiger partial charge in [0.2, 0.25) is 11.8 Å². The summed E-state index contributed by atoms with van der Waals surface area (Å²) < 4.78 is 10.4. The van der Waals surface area contributed by atoms with Gasteiger partial charge in [0.05, 0.1) is 48.7 Å². The Balaban J connectivity index is 1.02. The third kappa shape index (κ3) is 20.0. The van der Waals surface area contributed by atoms with Crippen LogP contribution in [0.4, 0.5) is 0 Å². The molecule has 0 saturated carbocycles. The highest BCUT2D eigenvalue weighted by atomic mass is 16.5. The van der Waals surface area contributed by atoms with E-state index < -0.39 is 12.1 Å². The SMILES string of the molecule is Cc1nc2cnccc2n1CCCCCCCCCCCC(=O)N(C)[C@@H](CC(C)C)C(=O)CCOCCC(=O)[C@H](CC(C)C)N(C)C(=O)CCCCCCCCCCCn1c(C)nc2cnccc21. The summed E-state index contributed by atoms with van der Waals surface area (Å²) in [5.74, 6) is 2.66.